The SMILES string of the molecule is CCCCC(=O)N(Cc1ccc2sc(-c3ccccc3C#N)cc2c1)CC(CC)(CC)C(=O)OC(C)(C)C. The molecule has 6 heteroatoms. The van der Waals surface area contributed by atoms with Crippen molar-refractivity contribution in [1.29, 1.82) is 5.26 Å². The van der Waals surface area contributed by atoms with Gasteiger partial charge in [-0.3, -0.25) is 9.59 Å². The molecule has 1 aromatic heterocycles. The number of carbonyl (C=O) groups is 2. The molecule has 1 amide bonds. The molecule has 0 fully saturated rings. The predicted molar refractivity (Wildman–Crippen MR) is 156 cm³/mol. The van der Waals surface area contributed by atoms with Crippen LogP contribution in [0.5, 0.6) is 0 Å². The van der Waals surface area contributed by atoms with Crippen LogP contribution in [0.1, 0.15) is 84.8 Å². The molecule has 3 rings (SSSR count). The summed E-state index contributed by atoms with van der Waals surface area (Å²) in [6, 6.07) is 18.3. The van der Waals surface area contributed by atoms with Gasteiger partial charge in [-0.15, -0.1) is 11.3 Å². The number of hydrogen-bond donors (Lipinski definition) is 0. The van der Waals surface area contributed by atoms with Crippen molar-refractivity contribution in [3.8, 4) is 16.5 Å². The molecule has 3 aromatic rings. The Morgan fingerprint density at radius 2 is 1.74 bits per heavy atom. The Labute approximate surface area is 231 Å². The van der Waals surface area contributed by atoms with Gasteiger partial charge in [-0.2, -0.15) is 5.26 Å². The van der Waals surface area contributed by atoms with Gasteiger partial charge in [-0.25, -0.2) is 0 Å². The second-order valence-electron chi connectivity index (χ2n) is 11.0. The van der Waals surface area contributed by atoms with Gasteiger partial charge in [0.05, 0.1) is 17.0 Å². The van der Waals surface area contributed by atoms with E-state index in [-0.39, 0.29) is 11.9 Å². The number of unbranched alkanes of at least 4 members (excludes halogenated alkanes) is 1. The van der Waals surface area contributed by atoms with E-state index in [1.807, 2.05) is 63.8 Å². The quantitative estimate of drug-likeness (QED) is 0.234. The van der Waals surface area contributed by atoms with Crippen molar-refractivity contribution in [2.24, 2.45) is 5.41 Å². The first-order chi connectivity index (χ1) is 18.1. The Hall–Kier alpha value is -3.17. The number of ether oxygens (including phenoxy) is 1. The van der Waals surface area contributed by atoms with E-state index in [1.54, 1.807) is 11.3 Å². The Bertz CT molecular complexity index is 1310. The number of fused-ring (bicyclic) bond motifs is 1. The maximum absolute atomic E-state index is 13.4. The second kappa shape index (κ2) is 12.6. The molecule has 38 heavy (non-hydrogen) atoms. The summed E-state index contributed by atoms with van der Waals surface area (Å²) in [4.78, 5) is 29.6. The third kappa shape index (κ3) is 7.02. The molecule has 0 saturated carbocycles. The molecular weight excluding hydrogens is 492 g/mol. The summed E-state index contributed by atoms with van der Waals surface area (Å²) < 4.78 is 6.95. The Morgan fingerprint density at radius 3 is 2.37 bits per heavy atom. The predicted octanol–water partition coefficient (Wildman–Crippen LogP) is 8.11. The molecule has 2 aromatic carbocycles. The van der Waals surface area contributed by atoms with E-state index in [0.29, 0.717) is 37.9 Å². The van der Waals surface area contributed by atoms with Crippen molar-refractivity contribution in [3.63, 3.8) is 0 Å². The minimum Gasteiger partial charge on any atom is -0.459 e. The van der Waals surface area contributed by atoms with Crippen molar-refractivity contribution in [2.45, 2.75) is 85.8 Å². The lowest BCUT2D eigenvalue weighted by molar-refractivity contribution is -0.170. The highest BCUT2D eigenvalue weighted by atomic mass is 32.1. The highest BCUT2D eigenvalue weighted by molar-refractivity contribution is 7.22. The Morgan fingerprint density at radius 1 is 1.03 bits per heavy atom. The van der Waals surface area contributed by atoms with Crippen LogP contribution in [0.25, 0.3) is 20.5 Å². The van der Waals surface area contributed by atoms with Crippen LogP contribution < -0.4 is 0 Å². The molecule has 0 aliphatic carbocycles. The largest absolute Gasteiger partial charge is 0.459 e. The third-order valence-corrected chi connectivity index (χ3v) is 8.19. The number of benzene rings is 2. The van der Waals surface area contributed by atoms with Gasteiger partial charge in [0.15, 0.2) is 0 Å². The summed E-state index contributed by atoms with van der Waals surface area (Å²) >= 11 is 1.66. The topological polar surface area (TPSA) is 70.4 Å². The van der Waals surface area contributed by atoms with Crippen LogP contribution in [0.3, 0.4) is 0 Å². The lowest BCUT2D eigenvalue weighted by atomic mass is 9.81. The summed E-state index contributed by atoms with van der Waals surface area (Å²) in [5.74, 6) is -0.173. The lowest BCUT2D eigenvalue weighted by Crippen LogP contribution is -2.47. The summed E-state index contributed by atoms with van der Waals surface area (Å²) in [7, 11) is 0. The lowest BCUT2D eigenvalue weighted by Gasteiger charge is -2.37. The van der Waals surface area contributed by atoms with Gasteiger partial charge < -0.3 is 9.64 Å². The summed E-state index contributed by atoms with van der Waals surface area (Å²) in [5.41, 5.74) is 1.27. The molecule has 0 unspecified atom stereocenters. The van der Waals surface area contributed by atoms with Crippen LogP contribution in [0, 0.1) is 16.7 Å². The molecule has 0 radical (unpaired) electrons. The molecular formula is C32H40N2O3S. The van der Waals surface area contributed by atoms with Gasteiger partial charge >= 0.3 is 5.97 Å². The average Bonchev–Trinajstić information content (AvgIpc) is 3.32. The number of amides is 1. The number of carbonyl (C=O) groups excluding carboxylic acids is 2. The summed E-state index contributed by atoms with van der Waals surface area (Å²) in [6.45, 7) is 12.5. The first kappa shape index (κ1) is 29.4. The number of thiophene rings is 1. The minimum atomic E-state index is -0.754. The fourth-order valence-corrected chi connectivity index (χ4v) is 5.72. The van der Waals surface area contributed by atoms with Gasteiger partial charge in [-0.1, -0.05) is 51.5 Å². The fourth-order valence-electron chi connectivity index (χ4n) is 4.64. The standard InChI is InChI=1S/C32H40N2O3S/c1-7-10-15-29(35)34(22-32(8-2,9-3)30(36)37-31(4,5)6)21-23-16-17-27-25(18-23)19-28(38-27)26-14-12-11-13-24(26)20-33/h11-14,16-19H,7-10,15,21-22H2,1-6H3. The van der Waals surface area contributed by atoms with Crippen LogP contribution in [-0.2, 0) is 20.9 Å². The smallest absolute Gasteiger partial charge is 0.314 e. The first-order valence-corrected chi connectivity index (χ1v) is 14.4. The molecule has 1 heterocycles. The fraction of sp³-hybridized carbons (Fsp3) is 0.469. The second-order valence-corrected chi connectivity index (χ2v) is 12.1. The zero-order valence-corrected chi connectivity index (χ0v) is 24.4. The summed E-state index contributed by atoms with van der Waals surface area (Å²) in [5, 5.41) is 10.6. The van der Waals surface area contributed by atoms with E-state index in [4.69, 9.17) is 4.74 Å². The normalized spacial score (nSPS) is 11.8. The van der Waals surface area contributed by atoms with Crippen molar-refractivity contribution in [1.82, 2.24) is 4.90 Å². The van der Waals surface area contributed by atoms with E-state index in [9.17, 15) is 14.9 Å². The summed E-state index contributed by atoms with van der Waals surface area (Å²) in [6.07, 6.45) is 3.41. The van der Waals surface area contributed by atoms with Gasteiger partial charge in [0, 0.05) is 34.7 Å². The molecule has 202 valence electrons. The maximum Gasteiger partial charge on any atom is 0.314 e. The van der Waals surface area contributed by atoms with Crippen LogP contribution in [-0.4, -0.2) is 28.9 Å². The zero-order chi connectivity index (χ0) is 27.9. The van der Waals surface area contributed by atoms with E-state index < -0.39 is 11.0 Å². The Balaban J connectivity index is 1.93. The number of nitrogens with zero attached hydrogens (tertiary/aromatic N) is 2. The number of rotatable bonds is 11. The van der Waals surface area contributed by atoms with Crippen LogP contribution >= 0.6 is 11.3 Å². The van der Waals surface area contributed by atoms with E-state index in [2.05, 4.69) is 37.3 Å². The molecule has 5 nitrogen and oxygen atoms in total. The van der Waals surface area contributed by atoms with Gasteiger partial charge in [-0.05, 0) is 75.2 Å². The third-order valence-electron chi connectivity index (χ3n) is 7.04. The molecule has 0 bridgehead atoms. The van der Waals surface area contributed by atoms with Crippen molar-refractivity contribution >= 4 is 33.3 Å². The first-order valence-electron chi connectivity index (χ1n) is 13.6. The van der Waals surface area contributed by atoms with E-state index >= 15 is 0 Å². The number of esters is 1. The van der Waals surface area contributed by atoms with Crippen molar-refractivity contribution < 1.29 is 14.3 Å². The molecule has 0 spiro atoms. The number of hydrogen-bond acceptors (Lipinski definition) is 5. The maximum atomic E-state index is 13.4. The highest BCUT2D eigenvalue weighted by Gasteiger charge is 2.41. The highest BCUT2D eigenvalue weighted by Crippen LogP contribution is 2.36. The van der Waals surface area contributed by atoms with Crippen molar-refractivity contribution in [2.75, 3.05) is 6.54 Å². The molecule has 0 aliphatic rings. The molecule has 0 N–H and O–H groups in total. The minimum absolute atomic E-state index is 0.0655. The van der Waals surface area contributed by atoms with E-state index in [1.165, 1.54) is 0 Å². The zero-order valence-electron chi connectivity index (χ0n) is 23.6. The molecule has 0 saturated heterocycles. The van der Waals surface area contributed by atoms with Crippen LogP contribution in [0.4, 0.5) is 0 Å². The van der Waals surface area contributed by atoms with Gasteiger partial charge in [0.25, 0.3) is 0 Å². The van der Waals surface area contributed by atoms with Crippen LogP contribution in [0.2, 0.25) is 0 Å². The number of nitriles is 1. The van der Waals surface area contributed by atoms with Gasteiger partial charge in [0.2, 0.25) is 5.91 Å². The van der Waals surface area contributed by atoms with Gasteiger partial charge in [0.1, 0.15) is 5.60 Å². The molecule has 0 atom stereocenters. The average molecular weight is 533 g/mol. The monoisotopic (exact) mass is 532 g/mol. The Kier molecular flexibility index (Phi) is 9.73. The molecule has 0 aliphatic heterocycles. The van der Waals surface area contributed by atoms with Crippen molar-refractivity contribution in [3.05, 3.63) is 59.7 Å². The van der Waals surface area contributed by atoms with Crippen LogP contribution in [0.15, 0.2) is 48.5 Å². The van der Waals surface area contributed by atoms with E-state index in [0.717, 1.165) is 38.9 Å².